The molecule has 0 fully saturated rings. The third kappa shape index (κ3) is 5.86. The Balaban J connectivity index is 2.59. The number of nitrogens with two attached hydrogens (primary N) is 1. The summed E-state index contributed by atoms with van der Waals surface area (Å²) in [5, 5.41) is 0.369. The highest BCUT2D eigenvalue weighted by molar-refractivity contribution is 9.10. The Bertz CT molecular complexity index is 367. The van der Waals surface area contributed by atoms with Gasteiger partial charge in [-0.2, -0.15) is 11.8 Å². The summed E-state index contributed by atoms with van der Waals surface area (Å²) in [5.41, 5.74) is 7.46. The van der Waals surface area contributed by atoms with Crippen LogP contribution in [0.25, 0.3) is 0 Å². The first-order valence-electron chi connectivity index (χ1n) is 6.93. The number of halogens is 1. The maximum atomic E-state index is 6.15. The van der Waals surface area contributed by atoms with E-state index >= 15 is 0 Å². The van der Waals surface area contributed by atoms with Gasteiger partial charge in [-0.1, -0.05) is 41.9 Å². The normalized spacial score (nSPS) is 14.6. The zero-order valence-corrected chi connectivity index (χ0v) is 14.5. The number of benzene rings is 1. The van der Waals surface area contributed by atoms with Crippen LogP contribution in [-0.4, -0.2) is 36.3 Å². The van der Waals surface area contributed by atoms with Gasteiger partial charge in [0.15, 0.2) is 0 Å². The highest BCUT2D eigenvalue weighted by Crippen LogP contribution is 2.32. The van der Waals surface area contributed by atoms with Crippen molar-refractivity contribution in [1.29, 1.82) is 0 Å². The van der Waals surface area contributed by atoms with E-state index in [9.17, 15) is 0 Å². The maximum Gasteiger partial charge on any atom is 0.0446 e. The molecule has 0 saturated carbocycles. The van der Waals surface area contributed by atoms with Gasteiger partial charge >= 0.3 is 0 Å². The second kappa shape index (κ2) is 9.01. The van der Waals surface area contributed by atoms with Gasteiger partial charge in [0.2, 0.25) is 0 Å². The van der Waals surface area contributed by atoms with Gasteiger partial charge in [0.05, 0.1) is 0 Å². The summed E-state index contributed by atoms with van der Waals surface area (Å²) < 4.78 is 1.12. The minimum atomic E-state index is 0.163. The van der Waals surface area contributed by atoms with E-state index in [0.717, 1.165) is 29.9 Å². The van der Waals surface area contributed by atoms with E-state index in [-0.39, 0.29) is 6.04 Å². The third-order valence-electron chi connectivity index (χ3n) is 3.25. The lowest BCUT2D eigenvalue weighted by molar-refractivity contribution is 0.323. The van der Waals surface area contributed by atoms with Crippen molar-refractivity contribution in [3.8, 4) is 0 Å². The van der Waals surface area contributed by atoms with Crippen LogP contribution in [0.4, 0.5) is 0 Å². The predicted octanol–water partition coefficient (Wildman–Crippen LogP) is 3.91. The highest BCUT2D eigenvalue weighted by atomic mass is 79.9. The van der Waals surface area contributed by atoms with Crippen molar-refractivity contribution in [3.05, 3.63) is 34.3 Å². The number of hydrogen-bond donors (Lipinski definition) is 1. The van der Waals surface area contributed by atoms with Crippen LogP contribution >= 0.6 is 27.7 Å². The first-order valence-corrected chi connectivity index (χ1v) is 8.77. The summed E-state index contributed by atoms with van der Waals surface area (Å²) >= 11 is 5.50. The Morgan fingerprint density at radius 1 is 1.32 bits per heavy atom. The van der Waals surface area contributed by atoms with Gasteiger partial charge in [0.1, 0.15) is 0 Å². The van der Waals surface area contributed by atoms with Crippen LogP contribution in [0.3, 0.4) is 0 Å². The molecule has 1 aromatic carbocycles. The second-order valence-electron chi connectivity index (χ2n) is 4.73. The Morgan fingerprint density at radius 3 is 2.53 bits per heavy atom. The SMILES string of the molecule is CCN(CC)CCSC(c1cccc(Br)c1)C(C)N. The fourth-order valence-electron chi connectivity index (χ4n) is 2.08. The van der Waals surface area contributed by atoms with E-state index in [0.29, 0.717) is 5.25 Å². The minimum absolute atomic E-state index is 0.163. The molecule has 0 radical (unpaired) electrons. The average Bonchev–Trinajstić information content (AvgIpc) is 2.38. The van der Waals surface area contributed by atoms with Crippen molar-refractivity contribution < 1.29 is 0 Å². The molecule has 0 heterocycles. The lowest BCUT2D eigenvalue weighted by Crippen LogP contribution is -2.27. The van der Waals surface area contributed by atoms with E-state index in [2.05, 4.69) is 65.9 Å². The Kier molecular flexibility index (Phi) is 8.07. The molecule has 0 aliphatic heterocycles. The number of hydrogen-bond acceptors (Lipinski definition) is 3. The summed E-state index contributed by atoms with van der Waals surface area (Å²) in [7, 11) is 0. The van der Waals surface area contributed by atoms with Gasteiger partial charge in [-0.05, 0) is 37.7 Å². The van der Waals surface area contributed by atoms with E-state index in [1.807, 2.05) is 11.8 Å². The minimum Gasteiger partial charge on any atom is -0.327 e. The molecule has 0 amide bonds. The van der Waals surface area contributed by atoms with Gasteiger partial charge in [-0.3, -0.25) is 0 Å². The molecular weight excluding hydrogens is 320 g/mol. The van der Waals surface area contributed by atoms with E-state index < -0.39 is 0 Å². The molecule has 0 spiro atoms. The first-order chi connectivity index (χ1) is 9.08. The Labute approximate surface area is 130 Å². The molecule has 0 saturated heterocycles. The van der Waals surface area contributed by atoms with E-state index in [1.165, 1.54) is 5.56 Å². The van der Waals surface area contributed by atoms with Crippen LogP contribution < -0.4 is 5.73 Å². The molecular formula is C15H25BrN2S. The lowest BCUT2D eigenvalue weighted by Gasteiger charge is -2.23. The van der Waals surface area contributed by atoms with E-state index in [1.54, 1.807) is 0 Å². The van der Waals surface area contributed by atoms with Crippen LogP contribution in [0.5, 0.6) is 0 Å². The lowest BCUT2D eigenvalue weighted by atomic mass is 10.1. The second-order valence-corrected chi connectivity index (χ2v) is 6.90. The number of nitrogens with zero attached hydrogens (tertiary/aromatic N) is 1. The van der Waals surface area contributed by atoms with Crippen LogP contribution in [0.1, 0.15) is 31.6 Å². The molecule has 2 nitrogen and oxygen atoms in total. The van der Waals surface area contributed by atoms with Gasteiger partial charge in [-0.25, -0.2) is 0 Å². The Morgan fingerprint density at radius 2 is 2.00 bits per heavy atom. The monoisotopic (exact) mass is 344 g/mol. The quantitative estimate of drug-likeness (QED) is 0.775. The van der Waals surface area contributed by atoms with Crippen LogP contribution in [0.2, 0.25) is 0 Å². The molecule has 0 bridgehead atoms. The molecule has 4 heteroatoms. The smallest absolute Gasteiger partial charge is 0.0446 e. The summed E-state index contributed by atoms with van der Waals surface area (Å²) in [5.74, 6) is 1.13. The molecule has 1 aromatic rings. The van der Waals surface area contributed by atoms with Gasteiger partial charge < -0.3 is 10.6 Å². The zero-order valence-electron chi connectivity index (χ0n) is 12.1. The topological polar surface area (TPSA) is 29.3 Å². The van der Waals surface area contributed by atoms with Crippen LogP contribution in [-0.2, 0) is 0 Å². The summed E-state index contributed by atoms with van der Waals surface area (Å²) in [4.78, 5) is 2.45. The molecule has 2 unspecified atom stereocenters. The molecule has 19 heavy (non-hydrogen) atoms. The summed E-state index contributed by atoms with van der Waals surface area (Å²) in [6, 6.07) is 8.65. The molecule has 0 aliphatic rings. The molecule has 0 aliphatic carbocycles. The first kappa shape index (κ1) is 17.0. The predicted molar refractivity (Wildman–Crippen MR) is 90.8 cm³/mol. The fraction of sp³-hybridized carbons (Fsp3) is 0.600. The number of thioether (sulfide) groups is 1. The highest BCUT2D eigenvalue weighted by Gasteiger charge is 2.17. The zero-order chi connectivity index (χ0) is 14.3. The van der Waals surface area contributed by atoms with E-state index in [4.69, 9.17) is 5.73 Å². The molecule has 108 valence electrons. The third-order valence-corrected chi connectivity index (χ3v) is 5.23. The molecule has 2 atom stereocenters. The maximum absolute atomic E-state index is 6.15. The summed E-state index contributed by atoms with van der Waals surface area (Å²) in [6.45, 7) is 9.90. The van der Waals surface area contributed by atoms with Crippen LogP contribution in [0, 0.1) is 0 Å². The van der Waals surface area contributed by atoms with Crippen molar-refractivity contribution >= 4 is 27.7 Å². The summed E-state index contributed by atoms with van der Waals surface area (Å²) in [6.07, 6.45) is 0. The van der Waals surface area contributed by atoms with Crippen molar-refractivity contribution in [2.75, 3.05) is 25.4 Å². The van der Waals surface area contributed by atoms with Gasteiger partial charge in [-0.15, -0.1) is 0 Å². The number of rotatable bonds is 8. The molecule has 2 N–H and O–H groups in total. The fourth-order valence-corrected chi connectivity index (χ4v) is 3.76. The van der Waals surface area contributed by atoms with Crippen LogP contribution in [0.15, 0.2) is 28.7 Å². The average molecular weight is 345 g/mol. The van der Waals surface area contributed by atoms with Crippen molar-refractivity contribution in [2.45, 2.75) is 32.1 Å². The standard InChI is InChI=1S/C15H25BrN2S/c1-4-18(5-2)9-10-19-15(12(3)17)13-7-6-8-14(16)11-13/h6-8,11-12,15H,4-5,9-10,17H2,1-3H3. The Hall–Kier alpha value is -0.0300. The van der Waals surface area contributed by atoms with Crippen molar-refractivity contribution in [1.82, 2.24) is 4.90 Å². The molecule has 1 rings (SSSR count). The largest absolute Gasteiger partial charge is 0.327 e. The molecule has 0 aromatic heterocycles. The van der Waals surface area contributed by atoms with Crippen molar-refractivity contribution in [2.24, 2.45) is 5.73 Å². The van der Waals surface area contributed by atoms with Gasteiger partial charge in [0.25, 0.3) is 0 Å². The van der Waals surface area contributed by atoms with Crippen molar-refractivity contribution in [3.63, 3.8) is 0 Å². The van der Waals surface area contributed by atoms with Gasteiger partial charge in [0, 0.05) is 28.1 Å².